The predicted octanol–water partition coefficient (Wildman–Crippen LogP) is 6.47. The van der Waals surface area contributed by atoms with Crippen LogP contribution in [0.15, 0.2) is 78.8 Å². The van der Waals surface area contributed by atoms with Crippen molar-refractivity contribution in [3.8, 4) is 0 Å². The molecule has 2 unspecified atom stereocenters. The van der Waals surface area contributed by atoms with Crippen LogP contribution in [0.5, 0.6) is 0 Å². The third-order valence-corrected chi connectivity index (χ3v) is 7.22. The van der Waals surface area contributed by atoms with Crippen LogP contribution in [0.25, 0.3) is 0 Å². The largest absolute Gasteiger partial charge is 0.417 e. The van der Waals surface area contributed by atoms with Gasteiger partial charge in [0.05, 0.1) is 11.1 Å². The highest BCUT2D eigenvalue weighted by Crippen LogP contribution is 2.48. The van der Waals surface area contributed by atoms with Crippen LogP contribution in [0.2, 0.25) is 0 Å². The number of fused-ring (bicyclic) bond motifs is 2. The number of nitrogens with zero attached hydrogens (tertiary/aromatic N) is 2. The van der Waals surface area contributed by atoms with Crippen LogP contribution in [0.3, 0.4) is 0 Å². The molecule has 2 aliphatic carbocycles. The lowest BCUT2D eigenvalue weighted by molar-refractivity contribution is -0.137. The van der Waals surface area contributed by atoms with Crippen molar-refractivity contribution in [1.82, 2.24) is 15.3 Å². The van der Waals surface area contributed by atoms with Crippen molar-refractivity contribution in [3.05, 3.63) is 95.5 Å². The molecule has 0 spiro atoms. The molecule has 5 rings (SSSR count). The summed E-state index contributed by atoms with van der Waals surface area (Å²) in [6.45, 7) is 0. The van der Waals surface area contributed by atoms with Gasteiger partial charge in [-0.1, -0.05) is 23.8 Å². The van der Waals surface area contributed by atoms with Crippen LogP contribution in [-0.2, 0) is 12.6 Å². The van der Waals surface area contributed by atoms with Gasteiger partial charge in [-0.05, 0) is 86.4 Å². The van der Waals surface area contributed by atoms with E-state index < -0.39 is 11.7 Å². The number of carbonyl (C=O) groups excluding carboxylic acids is 1. The maximum Gasteiger partial charge on any atom is 0.417 e. The van der Waals surface area contributed by atoms with Gasteiger partial charge in [-0.25, -0.2) is 4.98 Å². The summed E-state index contributed by atoms with van der Waals surface area (Å²) in [6, 6.07) is 13.7. The highest BCUT2D eigenvalue weighted by molar-refractivity contribution is 5.94. The van der Waals surface area contributed by atoms with Crippen molar-refractivity contribution < 1.29 is 18.0 Å². The molecule has 2 bridgehead atoms. The second-order valence-electron chi connectivity index (χ2n) is 9.65. The first-order valence-electron chi connectivity index (χ1n) is 12.1. The molecule has 0 aliphatic heterocycles. The van der Waals surface area contributed by atoms with Gasteiger partial charge in [0, 0.05) is 29.8 Å². The number of pyridine rings is 2. The molecule has 0 saturated heterocycles. The number of anilines is 2. The lowest BCUT2D eigenvalue weighted by Gasteiger charge is -2.35. The van der Waals surface area contributed by atoms with E-state index in [2.05, 4.69) is 26.7 Å². The van der Waals surface area contributed by atoms with Gasteiger partial charge in [0.25, 0.3) is 5.91 Å². The summed E-state index contributed by atoms with van der Waals surface area (Å²) in [5, 5.41) is 6.37. The van der Waals surface area contributed by atoms with E-state index in [1.807, 2.05) is 24.3 Å². The second-order valence-corrected chi connectivity index (χ2v) is 9.65. The number of aromatic nitrogens is 2. The SMILES string of the molecule is O=C(NC12CC/C(=C/Cc3cccc(Nc4ccc(C(F)(F)F)cn4)c3)C(CC1)C2)c1cccnc1. The first-order valence-corrected chi connectivity index (χ1v) is 12.1. The molecule has 2 saturated carbocycles. The Morgan fingerprint density at radius 2 is 2.00 bits per heavy atom. The van der Waals surface area contributed by atoms with Crippen molar-refractivity contribution in [3.63, 3.8) is 0 Å². The first-order chi connectivity index (χ1) is 17.3. The van der Waals surface area contributed by atoms with Gasteiger partial charge in [0.15, 0.2) is 0 Å². The van der Waals surface area contributed by atoms with Crippen LogP contribution in [0.4, 0.5) is 24.7 Å². The standard InChI is InChI=1S/C28H27F3N4O/c29-28(30,31)23-8-9-25(33-18-23)34-24-5-1-3-19(15-24)6-7-20-10-12-27(13-11-21(20)16-27)35-26(36)22-4-2-14-32-17-22/h1-5,7-9,14-15,17-18,21H,6,10-13,16H2,(H,33,34)(H,35,36)/b20-7-. The molecule has 1 amide bonds. The third-order valence-electron chi connectivity index (χ3n) is 7.22. The van der Waals surface area contributed by atoms with Gasteiger partial charge in [-0.15, -0.1) is 0 Å². The Labute approximate surface area is 207 Å². The van der Waals surface area contributed by atoms with Crippen LogP contribution in [0, 0.1) is 5.92 Å². The lowest BCUT2D eigenvalue weighted by Crippen LogP contribution is -2.48. The molecule has 3 aromatic rings. The maximum absolute atomic E-state index is 12.8. The van der Waals surface area contributed by atoms with Crippen molar-refractivity contribution in [2.45, 2.75) is 50.2 Å². The number of benzene rings is 1. The monoisotopic (exact) mass is 492 g/mol. The summed E-state index contributed by atoms with van der Waals surface area (Å²) in [6.07, 6.45) is 7.69. The highest BCUT2D eigenvalue weighted by atomic mass is 19.4. The van der Waals surface area contributed by atoms with E-state index in [0.29, 0.717) is 17.3 Å². The lowest BCUT2D eigenvalue weighted by atomic mass is 9.79. The van der Waals surface area contributed by atoms with E-state index in [1.54, 1.807) is 24.5 Å². The predicted molar refractivity (Wildman–Crippen MR) is 132 cm³/mol. The molecule has 1 aromatic carbocycles. The minimum absolute atomic E-state index is 0.0527. The normalized spacial score (nSPS) is 22.4. The van der Waals surface area contributed by atoms with E-state index >= 15 is 0 Å². The Balaban J connectivity index is 1.19. The van der Waals surface area contributed by atoms with E-state index in [1.165, 1.54) is 11.6 Å². The molecule has 0 radical (unpaired) electrons. The Hall–Kier alpha value is -3.68. The average Bonchev–Trinajstić information content (AvgIpc) is 3.21. The second kappa shape index (κ2) is 9.76. The molecule has 2 fully saturated rings. The third kappa shape index (κ3) is 5.42. The molecule has 2 heterocycles. The molecule has 2 N–H and O–H groups in total. The fourth-order valence-corrected chi connectivity index (χ4v) is 5.32. The average molecular weight is 493 g/mol. The summed E-state index contributed by atoms with van der Waals surface area (Å²) >= 11 is 0. The van der Waals surface area contributed by atoms with Crippen molar-refractivity contribution >= 4 is 17.4 Å². The zero-order chi connectivity index (χ0) is 25.2. The fourth-order valence-electron chi connectivity index (χ4n) is 5.32. The van der Waals surface area contributed by atoms with Gasteiger partial charge in [-0.2, -0.15) is 13.2 Å². The van der Waals surface area contributed by atoms with Crippen LogP contribution < -0.4 is 10.6 Å². The molecule has 8 heteroatoms. The molecule has 36 heavy (non-hydrogen) atoms. The zero-order valence-corrected chi connectivity index (χ0v) is 19.7. The van der Waals surface area contributed by atoms with E-state index in [-0.39, 0.29) is 11.4 Å². The highest BCUT2D eigenvalue weighted by Gasteiger charge is 2.44. The molecule has 2 aliphatic rings. The topological polar surface area (TPSA) is 66.9 Å². The van der Waals surface area contributed by atoms with Crippen LogP contribution in [-0.4, -0.2) is 21.4 Å². The molecular formula is C28H27F3N4O. The van der Waals surface area contributed by atoms with Gasteiger partial charge < -0.3 is 10.6 Å². The number of nitrogens with one attached hydrogen (secondary N) is 2. The van der Waals surface area contributed by atoms with E-state index in [0.717, 1.165) is 62.0 Å². The van der Waals surface area contributed by atoms with E-state index in [4.69, 9.17) is 0 Å². The number of amides is 1. The Bertz CT molecular complexity index is 1260. The summed E-state index contributed by atoms with van der Waals surface area (Å²) in [5.74, 6) is 0.787. The van der Waals surface area contributed by atoms with Gasteiger partial charge in [0.2, 0.25) is 0 Å². The van der Waals surface area contributed by atoms with Crippen LogP contribution >= 0.6 is 0 Å². The minimum Gasteiger partial charge on any atom is -0.347 e. The molecule has 2 aromatic heterocycles. The smallest absolute Gasteiger partial charge is 0.347 e. The maximum atomic E-state index is 12.8. The Morgan fingerprint density at radius 1 is 1.11 bits per heavy atom. The van der Waals surface area contributed by atoms with Crippen LogP contribution in [0.1, 0.15) is 53.6 Å². The number of hydrogen-bond acceptors (Lipinski definition) is 4. The molecule has 2 atom stereocenters. The zero-order valence-electron chi connectivity index (χ0n) is 19.7. The molecular weight excluding hydrogens is 465 g/mol. The van der Waals surface area contributed by atoms with Gasteiger partial charge >= 0.3 is 6.18 Å². The number of hydrogen-bond donors (Lipinski definition) is 2. The quantitative estimate of drug-likeness (QED) is 0.387. The Kier molecular flexibility index (Phi) is 6.51. The van der Waals surface area contributed by atoms with Gasteiger partial charge in [0.1, 0.15) is 5.82 Å². The van der Waals surface area contributed by atoms with Crippen molar-refractivity contribution in [2.75, 3.05) is 5.32 Å². The molecule has 186 valence electrons. The number of alkyl halides is 3. The Morgan fingerprint density at radius 3 is 2.75 bits per heavy atom. The number of rotatable bonds is 6. The fraction of sp³-hybridized carbons (Fsp3) is 0.321. The van der Waals surface area contributed by atoms with Crippen molar-refractivity contribution in [2.24, 2.45) is 5.92 Å². The molecule has 5 nitrogen and oxygen atoms in total. The summed E-state index contributed by atoms with van der Waals surface area (Å²) in [7, 11) is 0. The number of carbonyl (C=O) groups is 1. The summed E-state index contributed by atoms with van der Waals surface area (Å²) < 4.78 is 38.3. The summed E-state index contributed by atoms with van der Waals surface area (Å²) in [4.78, 5) is 20.6. The first kappa shape index (κ1) is 24.0. The number of allylic oxidation sites excluding steroid dienone is 2. The van der Waals surface area contributed by atoms with Crippen molar-refractivity contribution in [1.29, 1.82) is 0 Å². The van der Waals surface area contributed by atoms with Gasteiger partial charge in [-0.3, -0.25) is 9.78 Å². The number of halogens is 3. The van der Waals surface area contributed by atoms with E-state index in [9.17, 15) is 18.0 Å². The minimum atomic E-state index is -4.40. The summed E-state index contributed by atoms with van der Waals surface area (Å²) in [5.41, 5.74) is 3.03.